The predicted molar refractivity (Wildman–Crippen MR) is 186 cm³/mol. The zero-order chi connectivity index (χ0) is 40.2. The van der Waals surface area contributed by atoms with E-state index in [4.69, 9.17) is 28.0 Å². The minimum absolute atomic E-state index is 0.193. The first-order valence-corrected chi connectivity index (χ1v) is 17.1. The number of amides is 2. The number of hydrogen-bond acceptors (Lipinski definition) is 4. The van der Waals surface area contributed by atoms with Gasteiger partial charge >= 0.3 is 324 Å². The second-order valence-electron chi connectivity index (χ2n) is 10.7. The van der Waals surface area contributed by atoms with Gasteiger partial charge in [-0.05, 0) is 0 Å². The molecule has 2 amide bonds. The summed E-state index contributed by atoms with van der Waals surface area (Å²) in [6, 6.07) is 35.5. The van der Waals surface area contributed by atoms with Crippen molar-refractivity contribution in [2.24, 2.45) is 0 Å². The molecule has 0 saturated carbocycles. The zero-order valence-electron chi connectivity index (χ0n) is 28.6. The molecule has 2 N–H and O–H groups in total. The van der Waals surface area contributed by atoms with Gasteiger partial charge in [0.05, 0.1) is 0 Å². The normalized spacial score (nSPS) is 16.4. The van der Waals surface area contributed by atoms with Crippen LogP contribution in [0, 0.1) is 33.3 Å². The number of hydrogen-bond donors (Lipinski definition) is 2. The average molecular weight is 891 g/mol. The molecule has 1 saturated heterocycles. The van der Waals surface area contributed by atoms with Gasteiger partial charge in [0, 0.05) is 0 Å². The molecule has 2 aliphatic heterocycles. The maximum atomic E-state index is 14.8. The van der Waals surface area contributed by atoms with E-state index in [0.29, 0.717) is 12.2 Å². The van der Waals surface area contributed by atoms with Crippen LogP contribution in [-0.4, -0.2) is 43.5 Å². The van der Waals surface area contributed by atoms with E-state index in [2.05, 4.69) is 60.7 Å². The Labute approximate surface area is 322 Å². The van der Waals surface area contributed by atoms with Crippen molar-refractivity contribution < 1.29 is 56.9 Å². The third-order valence-corrected chi connectivity index (χ3v) is 9.45. The molecule has 3 atom stereocenters. The number of carbonyl (C=O) groups is 2. The average Bonchev–Trinajstić information content (AvgIpc) is 3.92. The van der Waals surface area contributed by atoms with Crippen LogP contribution in [-0.2, 0) is 52.1 Å². The van der Waals surface area contributed by atoms with E-state index in [1.807, 2.05) is 104 Å². The molecule has 5 aromatic rings. The van der Waals surface area contributed by atoms with E-state index in [-0.39, 0.29) is 17.9 Å². The fourth-order valence-corrected chi connectivity index (χ4v) is 7.57. The Morgan fingerprint density at radius 1 is 0.778 bits per heavy atom. The number of ether oxygens (including phenoxy) is 1. The van der Waals surface area contributed by atoms with Crippen LogP contribution in [0.15, 0.2) is 127 Å². The SMILES string of the molecule is CCO[C](=[W])C1=C(c2ccccc2)N2C(=O)C(NC(=O)c3ccccc3)[C@@H](c3ccccc3)N2[C@H]1c1c[nH]c2ccccc12.[C-]#[O+].[C-]#[O+].[C-]#[O+].[C-]#[O+].[C-]#[O+]. The zero-order valence-corrected chi connectivity index (χ0v) is 31.5. The molecule has 12 nitrogen and oxygen atoms in total. The molecule has 268 valence electrons. The number of aromatic amines is 1. The van der Waals surface area contributed by atoms with Gasteiger partial charge in [0.25, 0.3) is 0 Å². The third-order valence-electron chi connectivity index (χ3n) is 8.23. The van der Waals surface area contributed by atoms with Crippen LogP contribution >= 0.6 is 0 Å². The molecular formula is C41H30N4O8W. The van der Waals surface area contributed by atoms with E-state index < -0.39 is 12.1 Å². The van der Waals surface area contributed by atoms with E-state index in [0.717, 1.165) is 42.9 Å². The van der Waals surface area contributed by atoms with E-state index in [1.165, 1.54) is 19.4 Å². The summed E-state index contributed by atoms with van der Waals surface area (Å²) in [4.78, 5) is 31.9. The van der Waals surface area contributed by atoms with E-state index in [9.17, 15) is 9.59 Å². The third kappa shape index (κ3) is 9.25. The fourth-order valence-electron chi connectivity index (χ4n) is 6.39. The Balaban J connectivity index is 0.000000934. The first-order valence-electron chi connectivity index (χ1n) is 15.7. The first-order chi connectivity index (χ1) is 26.6. The summed E-state index contributed by atoms with van der Waals surface area (Å²) in [5, 5.41) is 8.15. The Bertz CT molecular complexity index is 2110. The number of nitrogens with one attached hydrogen (secondary N) is 2. The molecule has 0 spiro atoms. The van der Waals surface area contributed by atoms with Crippen LogP contribution in [0.4, 0.5) is 0 Å². The number of rotatable bonds is 8. The fraction of sp³-hybridized carbons (Fsp3) is 0.122. The number of H-pyrrole nitrogens is 1. The molecule has 2 aliphatic rings. The number of hydrazine groups is 1. The summed E-state index contributed by atoms with van der Waals surface area (Å²) in [6.07, 6.45) is 2.04. The second-order valence-corrected chi connectivity index (χ2v) is 12.1. The standard InChI is InChI=1S/C36H30N4O3.5CO.W/c1-2-43-23-29-32(24-14-6-3-7-15-24)40-36(42)31(38-35(41)26-18-10-5-11-19-26)33(25-16-8-4-9-17-25)39(40)34(29)28-22-37-30-21-13-12-20-27(28)30;5*1-2;/h3-22,31,33-34,37H,2H2,1H3,(H,38,41);;;;;;/t31?,33-,34+;;;;;;/m1....../s1. The van der Waals surface area contributed by atoms with Crippen molar-refractivity contribution >= 4 is 32.5 Å². The Morgan fingerprint density at radius 2 is 1.30 bits per heavy atom. The summed E-state index contributed by atoms with van der Waals surface area (Å²) in [5.41, 5.74) is 6.13. The molecule has 7 rings (SSSR count). The van der Waals surface area contributed by atoms with Crippen molar-refractivity contribution in [2.45, 2.75) is 25.0 Å². The molecule has 54 heavy (non-hydrogen) atoms. The summed E-state index contributed by atoms with van der Waals surface area (Å²) >= 11 is 1.18. The number of benzene rings is 4. The van der Waals surface area contributed by atoms with Crippen molar-refractivity contribution in [3.63, 3.8) is 0 Å². The molecule has 4 aromatic carbocycles. The molecule has 0 radical (unpaired) electrons. The van der Waals surface area contributed by atoms with E-state index in [1.54, 1.807) is 17.1 Å². The number of para-hydroxylation sites is 1. The number of aromatic nitrogens is 1. The van der Waals surface area contributed by atoms with Gasteiger partial charge < -0.3 is 0 Å². The molecule has 1 aromatic heterocycles. The molecule has 3 heterocycles. The summed E-state index contributed by atoms with van der Waals surface area (Å²) < 4.78 is 44.6. The Hall–Kier alpha value is -5.72. The minimum atomic E-state index is -0.835. The first kappa shape index (κ1) is 44.4. The van der Waals surface area contributed by atoms with Gasteiger partial charge in [0.2, 0.25) is 0 Å². The topological polar surface area (TPSA) is 177 Å². The molecule has 1 unspecified atom stereocenters. The predicted octanol–water partition coefficient (Wildman–Crippen LogP) is 5.76. The number of nitrogens with zero attached hydrogens (tertiary/aromatic N) is 2. The van der Waals surface area contributed by atoms with Gasteiger partial charge in [-0.1, -0.05) is 0 Å². The van der Waals surface area contributed by atoms with Gasteiger partial charge in [0.1, 0.15) is 0 Å². The molecule has 1 fully saturated rings. The monoisotopic (exact) mass is 890 g/mol. The van der Waals surface area contributed by atoms with Crippen LogP contribution in [0.3, 0.4) is 0 Å². The van der Waals surface area contributed by atoms with Crippen molar-refractivity contribution in [1.82, 2.24) is 20.3 Å². The molecule has 13 heteroatoms. The van der Waals surface area contributed by atoms with Gasteiger partial charge in [-0.25, -0.2) is 0 Å². The van der Waals surface area contributed by atoms with Crippen molar-refractivity contribution in [2.75, 3.05) is 6.61 Å². The Kier molecular flexibility index (Phi) is 19.0. The van der Waals surface area contributed by atoms with Crippen LogP contribution < -0.4 is 5.32 Å². The summed E-state index contributed by atoms with van der Waals surface area (Å²) in [5.74, 6) is -0.482. The summed E-state index contributed by atoms with van der Waals surface area (Å²) in [7, 11) is 0. The second kappa shape index (κ2) is 23.1. The van der Waals surface area contributed by atoms with Crippen molar-refractivity contribution in [3.8, 4) is 0 Å². The quantitative estimate of drug-likeness (QED) is 0.149. The van der Waals surface area contributed by atoms with Crippen LogP contribution in [0.25, 0.3) is 16.6 Å². The van der Waals surface area contributed by atoms with Gasteiger partial charge in [-0.3, -0.25) is 0 Å². The maximum absolute atomic E-state index is 14.8. The Morgan fingerprint density at radius 3 is 1.87 bits per heavy atom. The van der Waals surface area contributed by atoms with Crippen LogP contribution in [0.1, 0.15) is 46.1 Å². The number of carbonyl (C=O) groups excluding carboxylic acids is 2. The van der Waals surface area contributed by atoms with E-state index >= 15 is 0 Å². The molecule has 0 aliphatic carbocycles. The molecule has 0 bridgehead atoms. The van der Waals surface area contributed by atoms with Gasteiger partial charge in [-0.15, -0.1) is 0 Å². The summed E-state index contributed by atoms with van der Waals surface area (Å²) in [6.45, 7) is 25.0. The number of fused-ring (bicyclic) bond motifs is 2. The van der Waals surface area contributed by atoms with Gasteiger partial charge in [0.15, 0.2) is 0 Å². The van der Waals surface area contributed by atoms with Crippen molar-refractivity contribution in [1.29, 1.82) is 0 Å². The van der Waals surface area contributed by atoms with Crippen molar-refractivity contribution in [3.05, 3.63) is 183 Å². The van der Waals surface area contributed by atoms with Crippen LogP contribution in [0.2, 0.25) is 0 Å². The molecular weight excluding hydrogens is 860 g/mol. The van der Waals surface area contributed by atoms with Crippen LogP contribution in [0.5, 0.6) is 0 Å². The van der Waals surface area contributed by atoms with Gasteiger partial charge in [-0.2, -0.15) is 0 Å².